The van der Waals surface area contributed by atoms with Gasteiger partial charge in [-0.15, -0.1) is 0 Å². The van der Waals surface area contributed by atoms with Crippen molar-refractivity contribution in [2.24, 2.45) is 0 Å². The fourth-order valence-electron chi connectivity index (χ4n) is 1.48. The molecule has 0 saturated carbocycles. The zero-order valence-corrected chi connectivity index (χ0v) is 10.4. The molecule has 0 unspecified atom stereocenters. The van der Waals surface area contributed by atoms with Crippen LogP contribution < -0.4 is 5.32 Å². The zero-order chi connectivity index (χ0) is 12.7. The molecular formula is C14H19NO2. The number of hydrogen-bond acceptors (Lipinski definition) is 2. The summed E-state index contributed by atoms with van der Waals surface area (Å²) in [6.07, 6.45) is 1.71. The van der Waals surface area contributed by atoms with Gasteiger partial charge in [0.15, 0.2) is 0 Å². The van der Waals surface area contributed by atoms with Crippen molar-refractivity contribution in [2.75, 3.05) is 6.54 Å². The number of alkyl carbamates (subject to hydrolysis) is 1. The molecule has 1 N–H and O–H groups in total. The lowest BCUT2D eigenvalue weighted by molar-refractivity contribution is 0.120. The molecule has 92 valence electrons. The molecule has 0 radical (unpaired) electrons. The predicted molar refractivity (Wildman–Crippen MR) is 68.9 cm³/mol. The number of nitrogens with one attached hydrogen (secondary N) is 1. The van der Waals surface area contributed by atoms with Crippen LogP contribution in [0, 0.1) is 6.92 Å². The molecule has 0 aliphatic rings. The Morgan fingerprint density at radius 1 is 1.59 bits per heavy atom. The normalized spacial score (nSPS) is 11.6. The van der Waals surface area contributed by atoms with Crippen LogP contribution in [0.2, 0.25) is 0 Å². The maximum absolute atomic E-state index is 11.4. The summed E-state index contributed by atoms with van der Waals surface area (Å²) in [5.74, 6) is 0. The van der Waals surface area contributed by atoms with Gasteiger partial charge in [0.2, 0.25) is 0 Å². The van der Waals surface area contributed by atoms with Crippen molar-refractivity contribution in [1.82, 2.24) is 5.32 Å². The highest BCUT2D eigenvalue weighted by Gasteiger charge is 2.12. The summed E-state index contributed by atoms with van der Waals surface area (Å²) in [5.41, 5.74) is 2.07. The van der Waals surface area contributed by atoms with Crippen molar-refractivity contribution in [3.05, 3.63) is 48.0 Å². The molecule has 0 aliphatic heterocycles. The third kappa shape index (κ3) is 4.31. The summed E-state index contributed by atoms with van der Waals surface area (Å²) in [6, 6.07) is 7.85. The standard InChI is InChI=1S/C14H19NO2/c1-4-9-15-14(16)17-13(5-2)12-8-6-7-11(3)10-12/h5-8,10,13H,2,4,9H2,1,3H3,(H,15,16)/t13-/m1/s1. The fourth-order valence-corrected chi connectivity index (χ4v) is 1.48. The maximum atomic E-state index is 11.4. The van der Waals surface area contributed by atoms with Crippen LogP contribution in [-0.2, 0) is 4.74 Å². The minimum absolute atomic E-state index is 0.397. The van der Waals surface area contributed by atoms with E-state index in [-0.39, 0.29) is 0 Å². The molecule has 1 amide bonds. The van der Waals surface area contributed by atoms with E-state index in [9.17, 15) is 4.79 Å². The van der Waals surface area contributed by atoms with Crippen molar-refractivity contribution < 1.29 is 9.53 Å². The van der Waals surface area contributed by atoms with Crippen LogP contribution in [0.4, 0.5) is 4.79 Å². The molecule has 1 atom stereocenters. The van der Waals surface area contributed by atoms with Gasteiger partial charge in [-0.3, -0.25) is 0 Å². The van der Waals surface area contributed by atoms with E-state index < -0.39 is 12.2 Å². The largest absolute Gasteiger partial charge is 0.437 e. The summed E-state index contributed by atoms with van der Waals surface area (Å²) in [7, 11) is 0. The first-order valence-corrected chi connectivity index (χ1v) is 5.81. The van der Waals surface area contributed by atoms with Crippen LogP contribution in [0.1, 0.15) is 30.6 Å². The molecule has 0 aliphatic carbocycles. The molecule has 17 heavy (non-hydrogen) atoms. The summed E-state index contributed by atoms with van der Waals surface area (Å²) in [4.78, 5) is 11.4. The van der Waals surface area contributed by atoms with E-state index >= 15 is 0 Å². The average molecular weight is 233 g/mol. The first-order chi connectivity index (χ1) is 8.17. The molecule has 0 spiro atoms. The summed E-state index contributed by atoms with van der Waals surface area (Å²) in [5, 5.41) is 2.67. The monoisotopic (exact) mass is 233 g/mol. The van der Waals surface area contributed by atoms with Gasteiger partial charge in [-0.1, -0.05) is 43.3 Å². The second-order valence-corrected chi connectivity index (χ2v) is 3.90. The molecule has 0 fully saturated rings. The number of hydrogen-bond donors (Lipinski definition) is 1. The lowest BCUT2D eigenvalue weighted by Crippen LogP contribution is -2.26. The summed E-state index contributed by atoms with van der Waals surface area (Å²) in [6.45, 7) is 8.31. The molecule has 0 aromatic heterocycles. The molecular weight excluding hydrogens is 214 g/mol. The number of rotatable bonds is 5. The van der Waals surface area contributed by atoms with E-state index in [2.05, 4.69) is 11.9 Å². The van der Waals surface area contributed by atoms with Gasteiger partial charge in [0.05, 0.1) is 0 Å². The van der Waals surface area contributed by atoms with Crippen molar-refractivity contribution in [3.8, 4) is 0 Å². The first kappa shape index (κ1) is 13.3. The van der Waals surface area contributed by atoms with Crippen LogP contribution in [0.15, 0.2) is 36.9 Å². The third-order valence-corrected chi connectivity index (χ3v) is 2.34. The van der Waals surface area contributed by atoms with Gasteiger partial charge >= 0.3 is 6.09 Å². The Labute approximate surface area is 102 Å². The van der Waals surface area contributed by atoms with Crippen LogP contribution >= 0.6 is 0 Å². The highest BCUT2D eigenvalue weighted by atomic mass is 16.6. The van der Waals surface area contributed by atoms with E-state index in [0.717, 1.165) is 17.5 Å². The Balaban J connectivity index is 2.65. The Kier molecular flexibility index (Phi) is 5.27. The SMILES string of the molecule is C=C[C@@H](OC(=O)NCCC)c1cccc(C)c1. The van der Waals surface area contributed by atoms with Gasteiger partial charge in [-0.2, -0.15) is 0 Å². The molecule has 3 heteroatoms. The molecule has 0 saturated heterocycles. The van der Waals surface area contributed by atoms with Gasteiger partial charge < -0.3 is 10.1 Å². The number of aryl methyl sites for hydroxylation is 1. The highest BCUT2D eigenvalue weighted by molar-refractivity contribution is 5.67. The Bertz CT molecular complexity index is 388. The van der Waals surface area contributed by atoms with Crippen LogP contribution in [0.5, 0.6) is 0 Å². The van der Waals surface area contributed by atoms with E-state index in [1.54, 1.807) is 6.08 Å². The lowest BCUT2D eigenvalue weighted by atomic mass is 10.1. The third-order valence-electron chi connectivity index (χ3n) is 2.34. The minimum atomic E-state index is -0.404. The highest BCUT2D eigenvalue weighted by Crippen LogP contribution is 2.19. The van der Waals surface area contributed by atoms with Crippen LogP contribution in [0.25, 0.3) is 0 Å². The molecule has 0 heterocycles. The second kappa shape index (κ2) is 6.74. The van der Waals surface area contributed by atoms with Crippen LogP contribution in [0.3, 0.4) is 0 Å². The minimum Gasteiger partial charge on any atom is -0.437 e. The maximum Gasteiger partial charge on any atom is 0.408 e. The van der Waals surface area contributed by atoms with Crippen molar-refractivity contribution in [1.29, 1.82) is 0 Å². The van der Waals surface area contributed by atoms with Crippen molar-refractivity contribution in [2.45, 2.75) is 26.4 Å². The molecule has 1 aromatic carbocycles. The number of carbonyl (C=O) groups is 1. The predicted octanol–water partition coefficient (Wildman–Crippen LogP) is 3.36. The smallest absolute Gasteiger partial charge is 0.408 e. The average Bonchev–Trinajstić information content (AvgIpc) is 2.33. The van der Waals surface area contributed by atoms with Crippen molar-refractivity contribution in [3.63, 3.8) is 0 Å². The van der Waals surface area contributed by atoms with E-state index in [1.165, 1.54) is 0 Å². The zero-order valence-electron chi connectivity index (χ0n) is 10.4. The van der Waals surface area contributed by atoms with Crippen molar-refractivity contribution >= 4 is 6.09 Å². The van der Waals surface area contributed by atoms with Gasteiger partial charge in [0.1, 0.15) is 6.10 Å². The Morgan fingerprint density at radius 3 is 2.94 bits per heavy atom. The van der Waals surface area contributed by atoms with E-state index in [1.807, 2.05) is 38.1 Å². The number of benzene rings is 1. The van der Waals surface area contributed by atoms with E-state index in [0.29, 0.717) is 6.54 Å². The molecule has 1 aromatic rings. The van der Waals surface area contributed by atoms with Crippen LogP contribution in [-0.4, -0.2) is 12.6 Å². The first-order valence-electron chi connectivity index (χ1n) is 5.81. The molecule has 3 nitrogen and oxygen atoms in total. The van der Waals surface area contributed by atoms with Gasteiger partial charge in [-0.05, 0) is 25.0 Å². The van der Waals surface area contributed by atoms with Gasteiger partial charge in [-0.25, -0.2) is 4.79 Å². The summed E-state index contributed by atoms with van der Waals surface area (Å²) >= 11 is 0. The van der Waals surface area contributed by atoms with Gasteiger partial charge in [0.25, 0.3) is 0 Å². The topological polar surface area (TPSA) is 38.3 Å². The molecule has 0 bridgehead atoms. The lowest BCUT2D eigenvalue weighted by Gasteiger charge is -2.15. The second-order valence-electron chi connectivity index (χ2n) is 3.90. The van der Waals surface area contributed by atoms with E-state index in [4.69, 9.17) is 4.74 Å². The number of carbonyl (C=O) groups excluding carboxylic acids is 1. The van der Waals surface area contributed by atoms with Gasteiger partial charge in [0, 0.05) is 6.54 Å². The Morgan fingerprint density at radius 2 is 2.35 bits per heavy atom. The molecule has 1 rings (SSSR count). The fraction of sp³-hybridized carbons (Fsp3) is 0.357. The Hall–Kier alpha value is -1.77. The number of ether oxygens (including phenoxy) is 1. The number of amides is 1. The quantitative estimate of drug-likeness (QED) is 0.792. The summed E-state index contributed by atoms with van der Waals surface area (Å²) < 4.78 is 5.27.